The lowest BCUT2D eigenvalue weighted by molar-refractivity contribution is 0.0697. The van der Waals surface area contributed by atoms with Crippen LogP contribution in [0.4, 0.5) is 15.8 Å². The topological polar surface area (TPSA) is 101 Å². The van der Waals surface area contributed by atoms with Crippen LogP contribution in [0, 0.1) is 5.82 Å². The number of carboxylic acids is 1. The highest BCUT2D eigenvalue weighted by atomic mass is 32.2. The Morgan fingerprint density at radius 2 is 2.11 bits per heavy atom. The van der Waals surface area contributed by atoms with Gasteiger partial charge in [0.05, 0.1) is 16.9 Å². The second-order valence-corrected chi connectivity index (χ2v) is 4.48. The molecule has 3 N–H and O–H groups in total. The summed E-state index contributed by atoms with van der Waals surface area (Å²) in [5, 5.41) is 11.6. The second-order valence-electron chi connectivity index (χ2n) is 3.81. The lowest BCUT2D eigenvalue weighted by Crippen LogP contribution is -2.10. The van der Waals surface area contributed by atoms with E-state index in [1.54, 1.807) is 0 Å². The van der Waals surface area contributed by atoms with Crippen molar-refractivity contribution in [3.05, 3.63) is 23.5 Å². The van der Waals surface area contributed by atoms with Gasteiger partial charge in [-0.15, -0.1) is 0 Å². The van der Waals surface area contributed by atoms with E-state index in [1.807, 2.05) is 11.6 Å². The van der Waals surface area contributed by atoms with Crippen LogP contribution in [-0.4, -0.2) is 26.4 Å². The van der Waals surface area contributed by atoms with E-state index < -0.39 is 28.7 Å². The van der Waals surface area contributed by atoms with Gasteiger partial charge in [0.25, 0.3) is 0 Å². The Kier molecular flexibility index (Phi) is 5.71. The molecule has 8 heteroatoms. The Morgan fingerprint density at radius 1 is 1.47 bits per heavy atom. The average molecular weight is 289 g/mol. The third-order valence-electron chi connectivity index (χ3n) is 2.36. The summed E-state index contributed by atoms with van der Waals surface area (Å²) in [6.07, 6.45) is 1.68. The normalized spacial score (nSPS) is 11.9. The quantitative estimate of drug-likeness (QED) is 0.526. The predicted molar refractivity (Wildman–Crippen MR) is 69.3 cm³/mol. The monoisotopic (exact) mass is 289 g/mol. The highest BCUT2D eigenvalue weighted by molar-refractivity contribution is 7.80. The van der Waals surface area contributed by atoms with E-state index in [0.29, 0.717) is 6.54 Å². The van der Waals surface area contributed by atoms with Crippen molar-refractivity contribution in [2.75, 3.05) is 16.6 Å². The fourth-order valence-electron chi connectivity index (χ4n) is 1.44. The maximum atomic E-state index is 13.9. The summed E-state index contributed by atoms with van der Waals surface area (Å²) in [6.45, 7) is 2.43. The lowest BCUT2D eigenvalue weighted by atomic mass is 10.1. The molecule has 0 amide bonds. The first-order valence-electron chi connectivity index (χ1n) is 5.62. The summed E-state index contributed by atoms with van der Waals surface area (Å²) < 4.78 is 36.8. The molecule has 0 aliphatic rings. The largest absolute Gasteiger partial charge is 0.755 e. The molecule has 0 aliphatic heterocycles. The molecule has 0 saturated carbocycles. The highest BCUT2D eigenvalue weighted by Gasteiger charge is 2.14. The van der Waals surface area contributed by atoms with Gasteiger partial charge in [0.15, 0.2) is 5.82 Å². The molecule has 0 saturated heterocycles. The van der Waals surface area contributed by atoms with Crippen LogP contribution in [0.3, 0.4) is 0 Å². The van der Waals surface area contributed by atoms with Crippen LogP contribution in [0.2, 0.25) is 0 Å². The third kappa shape index (κ3) is 4.49. The fourth-order valence-corrected chi connectivity index (χ4v) is 1.77. The molecule has 19 heavy (non-hydrogen) atoms. The molecule has 0 heterocycles. The number of halogens is 1. The molecule has 0 aromatic heterocycles. The molecule has 0 bridgehead atoms. The molecule has 1 rings (SSSR count). The summed E-state index contributed by atoms with van der Waals surface area (Å²) in [5.41, 5.74) is -0.637. The molecule has 1 aromatic carbocycles. The maximum Gasteiger partial charge on any atom is 0.335 e. The number of anilines is 2. The molecule has 0 spiro atoms. The summed E-state index contributed by atoms with van der Waals surface area (Å²) >= 11 is -2.72. The van der Waals surface area contributed by atoms with Crippen molar-refractivity contribution >= 4 is 28.6 Å². The molecule has 1 unspecified atom stereocenters. The zero-order valence-electron chi connectivity index (χ0n) is 10.2. The van der Waals surface area contributed by atoms with Gasteiger partial charge in [0.1, 0.15) is 0 Å². The van der Waals surface area contributed by atoms with Crippen molar-refractivity contribution < 1.29 is 23.1 Å². The van der Waals surface area contributed by atoms with Crippen LogP contribution < -0.4 is 10.0 Å². The summed E-state index contributed by atoms with van der Waals surface area (Å²) in [4.78, 5) is 10.9. The molecule has 0 radical (unpaired) electrons. The Hall–Kier alpha value is -1.67. The van der Waals surface area contributed by atoms with Gasteiger partial charge in [-0.3, -0.25) is 4.21 Å². The van der Waals surface area contributed by atoms with E-state index in [-0.39, 0.29) is 11.3 Å². The maximum absolute atomic E-state index is 13.9. The van der Waals surface area contributed by atoms with Gasteiger partial charge in [-0.2, -0.15) is 0 Å². The number of carboxylic acid groups (broad SMARTS) is 1. The molecular weight excluding hydrogens is 275 g/mol. The van der Waals surface area contributed by atoms with Crippen LogP contribution in [0.25, 0.3) is 0 Å². The van der Waals surface area contributed by atoms with Gasteiger partial charge in [-0.25, -0.2) is 9.18 Å². The van der Waals surface area contributed by atoms with Crippen LogP contribution in [0.1, 0.15) is 30.1 Å². The fraction of sp³-hybridized carbons (Fsp3) is 0.364. The van der Waals surface area contributed by atoms with Crippen LogP contribution in [0.5, 0.6) is 0 Å². The number of nitrogens with one attached hydrogen (secondary N) is 2. The van der Waals surface area contributed by atoms with Crippen LogP contribution in [-0.2, 0) is 11.3 Å². The van der Waals surface area contributed by atoms with Gasteiger partial charge < -0.3 is 19.7 Å². The van der Waals surface area contributed by atoms with Gasteiger partial charge in [0.2, 0.25) is 0 Å². The van der Waals surface area contributed by atoms with Gasteiger partial charge in [-0.1, -0.05) is 13.3 Å². The minimum atomic E-state index is -2.72. The third-order valence-corrected chi connectivity index (χ3v) is 2.75. The summed E-state index contributed by atoms with van der Waals surface area (Å²) in [5.74, 6) is -2.09. The number of hydrogen-bond acceptors (Lipinski definition) is 4. The standard InChI is InChI=1S/C11H15FN2O4S/c1-2-3-4-13-8-5-7(11(15)16)6-9(10(8)12)14-19(17)18/h5-6,13-14H,2-4H2,1H3,(H,15,16)(H,17,18)/p-1. The summed E-state index contributed by atoms with van der Waals surface area (Å²) in [6, 6.07) is 2.06. The zero-order chi connectivity index (χ0) is 14.4. The zero-order valence-corrected chi connectivity index (χ0v) is 11.1. The van der Waals surface area contributed by atoms with Gasteiger partial charge in [-0.05, 0) is 18.6 Å². The number of hydrogen-bond donors (Lipinski definition) is 3. The van der Waals surface area contributed by atoms with E-state index in [1.165, 1.54) is 0 Å². The van der Waals surface area contributed by atoms with Crippen LogP contribution in [0.15, 0.2) is 12.1 Å². The van der Waals surface area contributed by atoms with E-state index >= 15 is 0 Å². The van der Waals surface area contributed by atoms with E-state index in [0.717, 1.165) is 25.0 Å². The van der Waals surface area contributed by atoms with E-state index in [4.69, 9.17) is 5.11 Å². The van der Waals surface area contributed by atoms with Gasteiger partial charge >= 0.3 is 5.97 Å². The van der Waals surface area contributed by atoms with Gasteiger partial charge in [0, 0.05) is 17.8 Å². The summed E-state index contributed by atoms with van der Waals surface area (Å²) in [7, 11) is 0. The van der Waals surface area contributed by atoms with Crippen molar-refractivity contribution in [2.24, 2.45) is 0 Å². The molecule has 0 fully saturated rings. The van der Waals surface area contributed by atoms with Crippen LogP contribution >= 0.6 is 0 Å². The van der Waals surface area contributed by atoms with Crippen molar-refractivity contribution in [3.63, 3.8) is 0 Å². The Labute approximate surface area is 112 Å². The first-order valence-corrected chi connectivity index (χ1v) is 6.69. The van der Waals surface area contributed by atoms with E-state index in [2.05, 4.69) is 5.32 Å². The average Bonchev–Trinajstić information content (AvgIpc) is 2.33. The molecule has 106 valence electrons. The van der Waals surface area contributed by atoms with E-state index in [9.17, 15) is 17.9 Å². The molecule has 0 aliphatic carbocycles. The SMILES string of the molecule is CCCCNc1cc(C(=O)O)cc(NS(=O)[O-])c1F. The van der Waals surface area contributed by atoms with Crippen molar-refractivity contribution in [1.82, 2.24) is 0 Å². The first kappa shape index (κ1) is 15.4. The smallest absolute Gasteiger partial charge is 0.335 e. The molecule has 1 aromatic rings. The number of unbranched alkanes of at least 4 members (excludes halogenated alkanes) is 1. The minimum Gasteiger partial charge on any atom is -0.755 e. The highest BCUT2D eigenvalue weighted by Crippen LogP contribution is 2.25. The molecule has 6 nitrogen and oxygen atoms in total. The molecular formula is C11H14FN2O4S-. The Bertz CT molecular complexity index is 496. The van der Waals surface area contributed by atoms with Crippen molar-refractivity contribution in [3.8, 4) is 0 Å². The number of benzene rings is 1. The van der Waals surface area contributed by atoms with Crippen molar-refractivity contribution in [1.29, 1.82) is 0 Å². The number of carbonyl (C=O) groups is 1. The molecule has 1 atom stereocenters. The number of rotatable bonds is 7. The first-order chi connectivity index (χ1) is 8.95. The minimum absolute atomic E-state index is 0.0405. The Balaban J connectivity index is 3.09. The predicted octanol–water partition coefficient (Wildman–Crippen LogP) is 1.94. The number of aromatic carboxylic acids is 1. The lowest BCUT2D eigenvalue weighted by Gasteiger charge is -2.14. The van der Waals surface area contributed by atoms with Crippen molar-refractivity contribution in [2.45, 2.75) is 19.8 Å². The Morgan fingerprint density at radius 3 is 2.63 bits per heavy atom. The second kappa shape index (κ2) is 7.05.